The van der Waals surface area contributed by atoms with Crippen LogP contribution in [0.3, 0.4) is 0 Å². The number of carbonyl (C=O) groups is 6. The number of aliphatic carboxylic acids is 1. The number of aliphatic hydroxyl groups excluding tert-OH is 2. The standard InChI is InChI=1S/C29H54N10O9/c1-3-16(2)22(26(45)37-20(15-41)27(46)39-13-7-10-21(39)28(47)48)38-24(43)18(9-4-5-11-30)35-25(44)19(14-40)36-23(42)17(31)8-6-12-34-29(32)33/h16-22,40-41H,3-15,30-31H2,1-2H3,(H,35,44)(H,36,42)(H,37,45)(H,38,43)(H,47,48)(H4,32,33,34)/t16-,17-,18-,19-,20-,21-,22-/m0/s1. The number of nitrogens with zero attached hydrogens (tertiary/aromatic N) is 1. The van der Waals surface area contributed by atoms with E-state index in [9.17, 15) is 44.1 Å². The Kier molecular flexibility index (Phi) is 19.0. The van der Waals surface area contributed by atoms with Crippen LogP contribution >= 0.6 is 0 Å². The Bertz CT molecular complexity index is 1110. The number of aliphatic hydroxyl groups is 2. The summed E-state index contributed by atoms with van der Waals surface area (Å²) in [7, 11) is 0. The van der Waals surface area contributed by atoms with Gasteiger partial charge in [-0.1, -0.05) is 20.3 Å². The maximum absolute atomic E-state index is 13.5. The molecule has 0 aromatic rings. The van der Waals surface area contributed by atoms with Gasteiger partial charge in [0, 0.05) is 13.1 Å². The zero-order chi connectivity index (χ0) is 36.4. The maximum atomic E-state index is 13.5. The van der Waals surface area contributed by atoms with Crippen molar-refractivity contribution in [1.82, 2.24) is 31.5 Å². The van der Waals surface area contributed by atoms with Crippen molar-refractivity contribution < 1.29 is 44.1 Å². The molecule has 0 spiro atoms. The van der Waals surface area contributed by atoms with Crippen molar-refractivity contribution in [3.63, 3.8) is 0 Å². The molecule has 1 heterocycles. The van der Waals surface area contributed by atoms with Crippen LogP contribution in [-0.2, 0) is 28.8 Å². The minimum Gasteiger partial charge on any atom is -0.480 e. The van der Waals surface area contributed by atoms with E-state index in [-0.39, 0.29) is 31.8 Å². The van der Waals surface area contributed by atoms with Gasteiger partial charge in [-0.2, -0.15) is 0 Å². The topological polar surface area (TPSA) is 328 Å². The molecule has 0 aromatic heterocycles. The number of amides is 5. The van der Waals surface area contributed by atoms with E-state index in [4.69, 9.17) is 22.6 Å². The van der Waals surface area contributed by atoms with Crippen molar-refractivity contribution in [3.05, 3.63) is 0 Å². The smallest absolute Gasteiger partial charge is 0.326 e. The van der Waals surface area contributed by atoms with E-state index in [1.54, 1.807) is 13.8 Å². The lowest BCUT2D eigenvalue weighted by atomic mass is 9.97. The third kappa shape index (κ3) is 13.6. The van der Waals surface area contributed by atoms with Crippen molar-refractivity contribution in [2.45, 2.75) is 101 Å². The molecule has 0 radical (unpaired) electrons. The molecule has 0 aliphatic carbocycles. The van der Waals surface area contributed by atoms with E-state index < -0.39 is 90.9 Å². The van der Waals surface area contributed by atoms with Gasteiger partial charge >= 0.3 is 5.97 Å². The Morgan fingerprint density at radius 2 is 1.48 bits per heavy atom. The van der Waals surface area contributed by atoms with Crippen LogP contribution in [0.25, 0.3) is 0 Å². The number of unbranched alkanes of at least 4 members (excludes halogenated alkanes) is 1. The molecule has 1 aliphatic rings. The number of carbonyl (C=O) groups excluding carboxylic acids is 5. The van der Waals surface area contributed by atoms with E-state index in [0.29, 0.717) is 45.2 Å². The van der Waals surface area contributed by atoms with E-state index in [1.807, 2.05) is 0 Å². The van der Waals surface area contributed by atoms with Crippen molar-refractivity contribution in [1.29, 1.82) is 5.41 Å². The van der Waals surface area contributed by atoms with Crippen LogP contribution in [-0.4, -0.2) is 131 Å². The minimum atomic E-state index is -1.45. The third-order valence-electron chi connectivity index (χ3n) is 8.15. The lowest BCUT2D eigenvalue weighted by Crippen LogP contribution is -2.61. The minimum absolute atomic E-state index is 0.0989. The van der Waals surface area contributed by atoms with Crippen LogP contribution in [0.1, 0.15) is 65.2 Å². The fraction of sp³-hybridized carbons (Fsp3) is 0.759. The lowest BCUT2D eigenvalue weighted by Gasteiger charge is -2.30. The Morgan fingerprint density at radius 1 is 0.875 bits per heavy atom. The van der Waals surface area contributed by atoms with Crippen molar-refractivity contribution in [3.8, 4) is 0 Å². The Labute approximate surface area is 280 Å². The average molecular weight is 687 g/mol. The maximum Gasteiger partial charge on any atom is 0.326 e. The number of guanidine groups is 1. The molecule has 19 nitrogen and oxygen atoms in total. The molecule has 19 heteroatoms. The SMILES string of the molecule is CC[C@H](C)[C@H](NC(=O)[C@H](CCCCN)NC(=O)[C@H](CO)NC(=O)[C@@H](N)CCCNC(=N)N)C(=O)N[C@@H](CO)C(=O)N1CCC[C@H]1C(=O)O. The zero-order valence-electron chi connectivity index (χ0n) is 27.7. The molecule has 274 valence electrons. The summed E-state index contributed by atoms with van der Waals surface area (Å²) in [6, 6.07) is -7.44. The lowest BCUT2D eigenvalue weighted by molar-refractivity contribution is -0.150. The molecule has 1 aliphatic heterocycles. The summed E-state index contributed by atoms with van der Waals surface area (Å²) in [6.45, 7) is 2.60. The fourth-order valence-electron chi connectivity index (χ4n) is 5.07. The Hall–Kier alpha value is -4.07. The molecule has 7 atom stereocenters. The predicted octanol–water partition coefficient (Wildman–Crippen LogP) is -4.25. The highest BCUT2D eigenvalue weighted by Crippen LogP contribution is 2.19. The second-order valence-corrected chi connectivity index (χ2v) is 11.8. The van der Waals surface area contributed by atoms with Gasteiger partial charge in [0.1, 0.15) is 30.2 Å². The number of carboxylic acid groups (broad SMARTS) is 1. The summed E-state index contributed by atoms with van der Waals surface area (Å²) >= 11 is 0. The van der Waals surface area contributed by atoms with Gasteiger partial charge in [-0.05, 0) is 57.4 Å². The summed E-state index contributed by atoms with van der Waals surface area (Å²) < 4.78 is 0. The van der Waals surface area contributed by atoms with Gasteiger partial charge in [0.2, 0.25) is 29.5 Å². The van der Waals surface area contributed by atoms with Gasteiger partial charge in [-0.3, -0.25) is 29.4 Å². The van der Waals surface area contributed by atoms with Gasteiger partial charge in [0.25, 0.3) is 0 Å². The fourth-order valence-corrected chi connectivity index (χ4v) is 5.07. The first-order valence-corrected chi connectivity index (χ1v) is 16.2. The highest BCUT2D eigenvalue weighted by molar-refractivity contribution is 5.96. The van der Waals surface area contributed by atoms with E-state index in [0.717, 1.165) is 4.90 Å². The highest BCUT2D eigenvalue weighted by Gasteiger charge is 2.39. The first-order valence-electron chi connectivity index (χ1n) is 16.2. The molecule has 0 bridgehead atoms. The third-order valence-corrected chi connectivity index (χ3v) is 8.15. The summed E-state index contributed by atoms with van der Waals surface area (Å²) in [4.78, 5) is 78.4. The number of nitrogens with two attached hydrogens (primary N) is 3. The summed E-state index contributed by atoms with van der Waals surface area (Å²) in [5.74, 6) is -5.81. The second-order valence-electron chi connectivity index (χ2n) is 11.8. The predicted molar refractivity (Wildman–Crippen MR) is 174 cm³/mol. The van der Waals surface area contributed by atoms with Crippen LogP contribution in [0.2, 0.25) is 0 Å². The molecule has 1 fully saturated rings. The molecule has 48 heavy (non-hydrogen) atoms. The van der Waals surface area contributed by atoms with Crippen molar-refractivity contribution in [2.24, 2.45) is 23.1 Å². The highest BCUT2D eigenvalue weighted by atomic mass is 16.4. The van der Waals surface area contributed by atoms with E-state index >= 15 is 0 Å². The van der Waals surface area contributed by atoms with Crippen molar-refractivity contribution >= 4 is 41.5 Å². The zero-order valence-corrected chi connectivity index (χ0v) is 27.7. The molecule has 1 saturated heterocycles. The summed E-state index contributed by atoms with van der Waals surface area (Å²) in [5.41, 5.74) is 16.7. The first-order chi connectivity index (χ1) is 22.7. The first kappa shape index (κ1) is 42.0. The van der Waals surface area contributed by atoms with Crippen LogP contribution in [0.4, 0.5) is 0 Å². The van der Waals surface area contributed by atoms with E-state index in [2.05, 4.69) is 26.6 Å². The average Bonchev–Trinajstić information content (AvgIpc) is 3.56. The largest absolute Gasteiger partial charge is 0.480 e. The van der Waals surface area contributed by atoms with Gasteiger partial charge in [-0.25, -0.2) is 4.79 Å². The molecule has 1 rings (SSSR count). The van der Waals surface area contributed by atoms with Crippen molar-refractivity contribution in [2.75, 3.05) is 32.8 Å². The Morgan fingerprint density at radius 3 is 2.04 bits per heavy atom. The number of hydrogen-bond acceptors (Lipinski definition) is 11. The Balaban J connectivity index is 3.03. The second kappa shape index (κ2) is 21.7. The summed E-state index contributed by atoms with van der Waals surface area (Å²) in [6.07, 6.45) is 2.71. The molecule has 5 amide bonds. The molecular weight excluding hydrogens is 632 g/mol. The number of nitrogens with one attached hydrogen (secondary N) is 6. The molecule has 15 N–H and O–H groups in total. The molecule has 0 saturated carbocycles. The van der Waals surface area contributed by atoms with Gasteiger partial charge in [-0.15, -0.1) is 0 Å². The molecule has 0 aromatic carbocycles. The normalized spacial score (nSPS) is 18.0. The quantitative estimate of drug-likeness (QED) is 0.0292. The van der Waals surface area contributed by atoms with Gasteiger partial charge < -0.3 is 64.0 Å². The van der Waals surface area contributed by atoms with E-state index in [1.165, 1.54) is 0 Å². The van der Waals surface area contributed by atoms with Crippen LogP contribution in [0.5, 0.6) is 0 Å². The van der Waals surface area contributed by atoms with Crippen LogP contribution < -0.4 is 43.8 Å². The van der Waals surface area contributed by atoms with Gasteiger partial charge in [0.15, 0.2) is 5.96 Å². The summed E-state index contributed by atoms with van der Waals surface area (Å²) in [5, 5.41) is 48.9. The number of rotatable bonds is 22. The number of carboxylic acids is 1. The van der Waals surface area contributed by atoms with Gasteiger partial charge in [0.05, 0.1) is 19.3 Å². The molecular formula is C29H54N10O9. The number of likely N-dealkylation sites (tertiary alicyclic amines) is 1. The monoisotopic (exact) mass is 686 g/mol. The number of hydrogen-bond donors (Lipinski definition) is 12. The van der Waals surface area contributed by atoms with Crippen LogP contribution in [0, 0.1) is 11.3 Å². The van der Waals surface area contributed by atoms with Crippen LogP contribution in [0.15, 0.2) is 0 Å². The molecule has 0 unspecified atom stereocenters.